The Balaban J connectivity index is 1.30. The van der Waals surface area contributed by atoms with E-state index in [9.17, 15) is 4.79 Å². The van der Waals surface area contributed by atoms with Crippen LogP contribution in [0, 0.1) is 6.92 Å². The monoisotopic (exact) mass is 483 g/mol. The molecule has 0 saturated heterocycles. The molecule has 0 saturated carbocycles. The van der Waals surface area contributed by atoms with Gasteiger partial charge in [0.05, 0.1) is 6.54 Å². The Labute approximate surface area is 210 Å². The number of fused-ring (bicyclic) bond motifs is 1. The lowest BCUT2D eigenvalue weighted by atomic mass is 10.1. The molecule has 1 aromatic heterocycles. The maximum Gasteiger partial charge on any atom is 0.275 e. The van der Waals surface area contributed by atoms with Gasteiger partial charge < -0.3 is 18.8 Å². The first kappa shape index (κ1) is 23.6. The quantitative estimate of drug-likeness (QED) is 0.327. The highest BCUT2D eigenvalue weighted by Crippen LogP contribution is 2.33. The van der Waals surface area contributed by atoms with E-state index in [1.165, 1.54) is 17.4 Å². The summed E-state index contributed by atoms with van der Waals surface area (Å²) in [5.74, 6) is 1.85. The highest BCUT2D eigenvalue weighted by molar-refractivity contribution is 5.91. The molecule has 0 bridgehead atoms. The van der Waals surface area contributed by atoms with Crippen LogP contribution in [0.3, 0.4) is 0 Å². The number of benzene rings is 3. The standard InChI is InChI=1S/C29H29N3O4/c1-21-8-10-23(11-9-21)16-32(17-24-12-13-26-27(14-24)36-20-35-26)18-28-30-25(19-34-28)29(33)31(2)15-22-6-4-3-5-7-22/h3-14,19H,15-18,20H2,1-2H3. The zero-order valence-corrected chi connectivity index (χ0v) is 20.5. The van der Waals surface area contributed by atoms with Crippen molar-refractivity contribution in [3.05, 3.63) is 113 Å². The van der Waals surface area contributed by atoms with Gasteiger partial charge in [0, 0.05) is 26.7 Å². The van der Waals surface area contributed by atoms with Crippen LogP contribution < -0.4 is 9.47 Å². The second kappa shape index (κ2) is 10.7. The number of oxazole rings is 1. The molecule has 0 radical (unpaired) electrons. The minimum absolute atomic E-state index is 0.172. The molecule has 3 aromatic carbocycles. The summed E-state index contributed by atoms with van der Waals surface area (Å²) in [6.45, 7) is 4.65. The van der Waals surface area contributed by atoms with Crippen molar-refractivity contribution in [2.75, 3.05) is 13.8 Å². The number of aryl methyl sites for hydroxylation is 1. The predicted molar refractivity (Wildman–Crippen MR) is 135 cm³/mol. The normalized spacial score (nSPS) is 12.2. The van der Waals surface area contributed by atoms with Crippen LogP contribution in [-0.2, 0) is 26.2 Å². The fraction of sp³-hybridized carbons (Fsp3) is 0.241. The lowest BCUT2D eigenvalue weighted by molar-refractivity contribution is 0.0779. The van der Waals surface area contributed by atoms with E-state index >= 15 is 0 Å². The van der Waals surface area contributed by atoms with Crippen LogP contribution in [-0.4, -0.2) is 34.5 Å². The number of aromatic nitrogens is 1. The van der Waals surface area contributed by atoms with Gasteiger partial charge in [-0.05, 0) is 35.7 Å². The van der Waals surface area contributed by atoms with Crippen LogP contribution in [0.15, 0.2) is 83.5 Å². The average Bonchev–Trinajstić information content (AvgIpc) is 3.55. The Morgan fingerprint density at radius 3 is 2.33 bits per heavy atom. The van der Waals surface area contributed by atoms with Crippen LogP contribution in [0.25, 0.3) is 0 Å². The number of hydrogen-bond donors (Lipinski definition) is 0. The smallest absolute Gasteiger partial charge is 0.275 e. The summed E-state index contributed by atoms with van der Waals surface area (Å²) in [5, 5.41) is 0. The van der Waals surface area contributed by atoms with Crippen LogP contribution >= 0.6 is 0 Å². The largest absolute Gasteiger partial charge is 0.454 e. The third-order valence-corrected chi connectivity index (χ3v) is 6.11. The summed E-state index contributed by atoms with van der Waals surface area (Å²) in [6, 6.07) is 24.3. The molecular weight excluding hydrogens is 454 g/mol. The van der Waals surface area contributed by atoms with Gasteiger partial charge in [-0.15, -0.1) is 0 Å². The molecule has 0 spiro atoms. The molecule has 0 unspecified atom stereocenters. The van der Waals surface area contributed by atoms with Crippen LogP contribution in [0.4, 0.5) is 0 Å². The molecule has 0 aliphatic carbocycles. The molecule has 2 heterocycles. The van der Waals surface area contributed by atoms with Crippen molar-refractivity contribution < 1.29 is 18.7 Å². The number of hydrogen-bond acceptors (Lipinski definition) is 6. The number of carbonyl (C=O) groups excluding carboxylic acids is 1. The molecule has 4 aromatic rings. The summed E-state index contributed by atoms with van der Waals surface area (Å²) in [4.78, 5) is 21.3. The summed E-state index contributed by atoms with van der Waals surface area (Å²) in [5.41, 5.74) is 4.87. The van der Waals surface area contributed by atoms with Gasteiger partial charge in [-0.1, -0.05) is 66.2 Å². The second-order valence-electron chi connectivity index (χ2n) is 9.09. The minimum atomic E-state index is -0.172. The number of rotatable bonds is 9. The Morgan fingerprint density at radius 2 is 1.53 bits per heavy atom. The van der Waals surface area contributed by atoms with Crippen molar-refractivity contribution in [2.24, 2.45) is 0 Å². The van der Waals surface area contributed by atoms with E-state index in [-0.39, 0.29) is 12.7 Å². The van der Waals surface area contributed by atoms with E-state index in [1.807, 2.05) is 48.5 Å². The number of amides is 1. The van der Waals surface area contributed by atoms with E-state index in [0.29, 0.717) is 37.8 Å². The highest BCUT2D eigenvalue weighted by Gasteiger charge is 2.20. The first-order valence-corrected chi connectivity index (χ1v) is 11.9. The van der Waals surface area contributed by atoms with E-state index < -0.39 is 0 Å². The first-order chi connectivity index (χ1) is 17.5. The number of nitrogens with zero attached hydrogens (tertiary/aromatic N) is 3. The van der Waals surface area contributed by atoms with Crippen LogP contribution in [0.5, 0.6) is 11.5 Å². The molecule has 7 nitrogen and oxygen atoms in total. The third-order valence-electron chi connectivity index (χ3n) is 6.11. The van der Waals surface area contributed by atoms with Gasteiger partial charge in [0.15, 0.2) is 17.2 Å². The fourth-order valence-corrected chi connectivity index (χ4v) is 4.21. The van der Waals surface area contributed by atoms with Crippen molar-refractivity contribution in [3.63, 3.8) is 0 Å². The third kappa shape index (κ3) is 5.75. The molecule has 0 atom stereocenters. The SMILES string of the molecule is Cc1ccc(CN(Cc2ccc3c(c2)OCO3)Cc2nc(C(=O)N(C)Cc3ccccc3)co2)cc1. The molecule has 184 valence electrons. The van der Waals surface area contributed by atoms with Gasteiger partial charge in [-0.3, -0.25) is 9.69 Å². The summed E-state index contributed by atoms with van der Waals surface area (Å²) < 4.78 is 16.7. The molecule has 5 rings (SSSR count). The fourth-order valence-electron chi connectivity index (χ4n) is 4.21. The lowest BCUT2D eigenvalue weighted by Crippen LogP contribution is -2.26. The van der Waals surface area contributed by atoms with E-state index in [2.05, 4.69) is 41.1 Å². The zero-order valence-electron chi connectivity index (χ0n) is 20.5. The van der Waals surface area contributed by atoms with E-state index in [4.69, 9.17) is 13.9 Å². The van der Waals surface area contributed by atoms with E-state index in [0.717, 1.165) is 22.6 Å². The first-order valence-electron chi connectivity index (χ1n) is 11.9. The number of carbonyl (C=O) groups is 1. The highest BCUT2D eigenvalue weighted by atomic mass is 16.7. The lowest BCUT2D eigenvalue weighted by Gasteiger charge is -2.21. The predicted octanol–water partition coefficient (Wildman–Crippen LogP) is 5.19. The van der Waals surface area contributed by atoms with Crippen molar-refractivity contribution >= 4 is 5.91 Å². The Bertz CT molecular complexity index is 1320. The average molecular weight is 484 g/mol. The Morgan fingerprint density at radius 1 is 0.833 bits per heavy atom. The van der Waals surface area contributed by atoms with E-state index in [1.54, 1.807) is 11.9 Å². The Hall–Kier alpha value is -4.10. The van der Waals surface area contributed by atoms with Crippen molar-refractivity contribution in [1.29, 1.82) is 0 Å². The van der Waals surface area contributed by atoms with Gasteiger partial charge >= 0.3 is 0 Å². The van der Waals surface area contributed by atoms with Crippen LogP contribution in [0.2, 0.25) is 0 Å². The molecule has 1 aliphatic heterocycles. The molecule has 7 heteroatoms. The van der Waals surface area contributed by atoms with Gasteiger partial charge in [-0.2, -0.15) is 0 Å². The van der Waals surface area contributed by atoms with Gasteiger partial charge in [-0.25, -0.2) is 4.98 Å². The van der Waals surface area contributed by atoms with Gasteiger partial charge in [0.1, 0.15) is 6.26 Å². The van der Waals surface area contributed by atoms with Crippen molar-refractivity contribution in [3.8, 4) is 11.5 Å². The molecule has 1 aliphatic rings. The molecular formula is C29H29N3O4. The van der Waals surface area contributed by atoms with Gasteiger partial charge in [0.25, 0.3) is 5.91 Å². The summed E-state index contributed by atoms with van der Waals surface area (Å²) in [6.07, 6.45) is 1.45. The maximum atomic E-state index is 12.9. The molecule has 1 amide bonds. The molecule has 36 heavy (non-hydrogen) atoms. The zero-order chi connectivity index (χ0) is 24.9. The van der Waals surface area contributed by atoms with Gasteiger partial charge in [0.2, 0.25) is 12.7 Å². The topological polar surface area (TPSA) is 68.0 Å². The molecule has 0 fully saturated rings. The maximum absolute atomic E-state index is 12.9. The Kier molecular flexibility index (Phi) is 7.00. The van der Waals surface area contributed by atoms with Crippen LogP contribution in [0.1, 0.15) is 38.6 Å². The summed E-state index contributed by atoms with van der Waals surface area (Å²) in [7, 11) is 1.77. The number of ether oxygens (including phenoxy) is 2. The summed E-state index contributed by atoms with van der Waals surface area (Å²) >= 11 is 0. The second-order valence-corrected chi connectivity index (χ2v) is 9.09. The van der Waals surface area contributed by atoms with Crippen molar-refractivity contribution in [1.82, 2.24) is 14.8 Å². The molecule has 0 N–H and O–H groups in total. The van der Waals surface area contributed by atoms with Crippen molar-refractivity contribution in [2.45, 2.75) is 33.1 Å². The minimum Gasteiger partial charge on any atom is -0.454 e.